The van der Waals surface area contributed by atoms with E-state index in [0.29, 0.717) is 19.5 Å². The summed E-state index contributed by atoms with van der Waals surface area (Å²) in [6, 6.07) is 0. The van der Waals surface area contributed by atoms with Gasteiger partial charge in [0.25, 0.3) is 0 Å². The summed E-state index contributed by atoms with van der Waals surface area (Å²) in [5.41, 5.74) is 0. The fourth-order valence-electron chi connectivity index (χ4n) is 1.99. The summed E-state index contributed by atoms with van der Waals surface area (Å²) in [6.45, 7) is 10.2. The fourth-order valence-corrected chi connectivity index (χ4v) is 1.99. The van der Waals surface area contributed by atoms with Crippen molar-refractivity contribution in [1.29, 1.82) is 0 Å². The van der Waals surface area contributed by atoms with E-state index in [0.717, 1.165) is 32.5 Å². The zero-order valence-electron chi connectivity index (χ0n) is 12.5. The SMILES string of the molecule is CCC(=O)N(CCCCN(CC)CC)CCC(=O)O. The predicted molar refractivity (Wildman–Crippen MR) is 76.1 cm³/mol. The molecule has 1 N–H and O–H groups in total. The molecular formula is C14H28N2O3. The van der Waals surface area contributed by atoms with Crippen molar-refractivity contribution >= 4 is 11.9 Å². The molecule has 0 aromatic rings. The van der Waals surface area contributed by atoms with E-state index in [1.54, 1.807) is 4.90 Å². The second kappa shape index (κ2) is 10.8. The Morgan fingerprint density at radius 3 is 2.00 bits per heavy atom. The summed E-state index contributed by atoms with van der Waals surface area (Å²) >= 11 is 0. The van der Waals surface area contributed by atoms with Crippen LogP contribution in [0.5, 0.6) is 0 Å². The van der Waals surface area contributed by atoms with Crippen molar-refractivity contribution in [3.05, 3.63) is 0 Å². The normalized spacial score (nSPS) is 10.7. The third-order valence-corrected chi connectivity index (χ3v) is 3.30. The van der Waals surface area contributed by atoms with Crippen LogP contribution in [-0.4, -0.2) is 59.5 Å². The third kappa shape index (κ3) is 8.59. The molecule has 0 aromatic heterocycles. The highest BCUT2D eigenvalue weighted by Gasteiger charge is 2.12. The number of carboxylic acid groups (broad SMARTS) is 1. The Bertz CT molecular complexity index is 265. The molecule has 0 aliphatic carbocycles. The van der Waals surface area contributed by atoms with Crippen LogP contribution in [0.25, 0.3) is 0 Å². The molecule has 0 fully saturated rings. The molecule has 0 aromatic carbocycles. The second-order valence-electron chi connectivity index (χ2n) is 4.61. The molecule has 19 heavy (non-hydrogen) atoms. The molecule has 1 amide bonds. The molecule has 5 nitrogen and oxygen atoms in total. The molecule has 0 radical (unpaired) electrons. The average Bonchev–Trinajstić information content (AvgIpc) is 2.41. The second-order valence-corrected chi connectivity index (χ2v) is 4.61. The lowest BCUT2D eigenvalue weighted by Crippen LogP contribution is -2.34. The topological polar surface area (TPSA) is 60.9 Å². The Hall–Kier alpha value is -1.10. The molecule has 0 saturated heterocycles. The van der Waals surface area contributed by atoms with Crippen LogP contribution in [0, 0.1) is 0 Å². The molecule has 0 aliphatic heterocycles. The maximum atomic E-state index is 11.7. The molecule has 0 saturated carbocycles. The van der Waals surface area contributed by atoms with Gasteiger partial charge in [0.15, 0.2) is 0 Å². The minimum atomic E-state index is -0.850. The average molecular weight is 272 g/mol. The molecule has 0 unspecified atom stereocenters. The molecule has 112 valence electrons. The van der Waals surface area contributed by atoms with Gasteiger partial charge in [0.2, 0.25) is 5.91 Å². The summed E-state index contributed by atoms with van der Waals surface area (Å²) in [5.74, 6) is -0.805. The predicted octanol–water partition coefficient (Wildman–Crippen LogP) is 1.82. The number of hydrogen-bond acceptors (Lipinski definition) is 3. The zero-order chi connectivity index (χ0) is 14.7. The van der Waals surface area contributed by atoms with Gasteiger partial charge in [-0.1, -0.05) is 20.8 Å². The number of rotatable bonds is 11. The number of hydrogen-bond donors (Lipinski definition) is 1. The van der Waals surface area contributed by atoms with Gasteiger partial charge in [-0.25, -0.2) is 0 Å². The van der Waals surface area contributed by atoms with Crippen molar-refractivity contribution in [2.75, 3.05) is 32.7 Å². The standard InChI is InChI=1S/C14H28N2O3/c1-4-13(17)16(12-9-14(18)19)11-8-7-10-15(5-2)6-3/h4-12H2,1-3H3,(H,18,19). The Morgan fingerprint density at radius 2 is 1.53 bits per heavy atom. The highest BCUT2D eigenvalue weighted by molar-refractivity contribution is 5.76. The van der Waals surface area contributed by atoms with Crippen molar-refractivity contribution in [2.24, 2.45) is 0 Å². The molecule has 0 atom stereocenters. The van der Waals surface area contributed by atoms with E-state index in [1.807, 2.05) is 6.92 Å². The highest BCUT2D eigenvalue weighted by atomic mass is 16.4. The monoisotopic (exact) mass is 272 g/mol. The van der Waals surface area contributed by atoms with Crippen molar-refractivity contribution in [3.8, 4) is 0 Å². The molecule has 5 heteroatoms. The third-order valence-electron chi connectivity index (χ3n) is 3.30. The highest BCUT2D eigenvalue weighted by Crippen LogP contribution is 2.02. The van der Waals surface area contributed by atoms with E-state index in [1.165, 1.54) is 0 Å². The van der Waals surface area contributed by atoms with Crippen LogP contribution in [0.15, 0.2) is 0 Å². The van der Waals surface area contributed by atoms with Gasteiger partial charge < -0.3 is 14.9 Å². The van der Waals surface area contributed by atoms with Gasteiger partial charge in [0.1, 0.15) is 0 Å². The Labute approximate surface area is 116 Å². The minimum absolute atomic E-state index is 0.0295. The molecule has 0 heterocycles. The summed E-state index contributed by atoms with van der Waals surface area (Å²) in [4.78, 5) is 26.3. The fraction of sp³-hybridized carbons (Fsp3) is 0.857. The first-order valence-corrected chi connectivity index (χ1v) is 7.27. The number of aliphatic carboxylic acids is 1. The number of carboxylic acids is 1. The lowest BCUT2D eigenvalue weighted by atomic mass is 10.2. The van der Waals surface area contributed by atoms with Crippen LogP contribution in [0.1, 0.15) is 46.5 Å². The van der Waals surface area contributed by atoms with Crippen LogP contribution in [0.3, 0.4) is 0 Å². The number of nitrogens with zero attached hydrogens (tertiary/aromatic N) is 2. The summed E-state index contributed by atoms with van der Waals surface area (Å²) in [7, 11) is 0. The number of carbonyl (C=O) groups is 2. The van der Waals surface area contributed by atoms with Gasteiger partial charge in [0, 0.05) is 19.5 Å². The molecule has 0 rings (SSSR count). The van der Waals surface area contributed by atoms with Crippen LogP contribution in [-0.2, 0) is 9.59 Å². The molecule has 0 aliphatic rings. The summed E-state index contributed by atoms with van der Waals surface area (Å²) < 4.78 is 0. The van der Waals surface area contributed by atoms with Crippen molar-refractivity contribution < 1.29 is 14.7 Å². The van der Waals surface area contributed by atoms with Crippen molar-refractivity contribution in [2.45, 2.75) is 46.5 Å². The first-order valence-electron chi connectivity index (χ1n) is 7.27. The minimum Gasteiger partial charge on any atom is -0.481 e. The van der Waals surface area contributed by atoms with E-state index in [2.05, 4.69) is 18.7 Å². The summed E-state index contributed by atoms with van der Waals surface area (Å²) in [6.07, 6.45) is 2.45. The van der Waals surface area contributed by atoms with Crippen LogP contribution in [0.2, 0.25) is 0 Å². The van der Waals surface area contributed by atoms with Gasteiger partial charge in [-0.05, 0) is 32.5 Å². The van der Waals surface area contributed by atoms with E-state index >= 15 is 0 Å². The quantitative estimate of drug-likeness (QED) is 0.583. The van der Waals surface area contributed by atoms with Crippen LogP contribution >= 0.6 is 0 Å². The van der Waals surface area contributed by atoms with Crippen molar-refractivity contribution in [1.82, 2.24) is 9.80 Å². The van der Waals surface area contributed by atoms with E-state index in [4.69, 9.17) is 5.11 Å². The van der Waals surface area contributed by atoms with Crippen molar-refractivity contribution in [3.63, 3.8) is 0 Å². The Kier molecular flexibility index (Phi) is 10.2. The first kappa shape index (κ1) is 17.9. The van der Waals surface area contributed by atoms with Gasteiger partial charge in [-0.2, -0.15) is 0 Å². The molecule has 0 spiro atoms. The zero-order valence-corrected chi connectivity index (χ0v) is 12.5. The summed E-state index contributed by atoms with van der Waals surface area (Å²) in [5, 5.41) is 8.68. The first-order chi connectivity index (χ1) is 9.04. The maximum Gasteiger partial charge on any atom is 0.305 e. The van der Waals surface area contributed by atoms with Gasteiger partial charge in [0.05, 0.1) is 6.42 Å². The Balaban J connectivity index is 3.98. The van der Waals surface area contributed by atoms with E-state index in [9.17, 15) is 9.59 Å². The van der Waals surface area contributed by atoms with E-state index in [-0.39, 0.29) is 12.3 Å². The number of carbonyl (C=O) groups excluding carboxylic acids is 1. The van der Waals surface area contributed by atoms with Crippen LogP contribution < -0.4 is 0 Å². The molecule has 0 bridgehead atoms. The van der Waals surface area contributed by atoms with Gasteiger partial charge in [-0.3, -0.25) is 9.59 Å². The number of amides is 1. The van der Waals surface area contributed by atoms with Gasteiger partial charge in [-0.15, -0.1) is 0 Å². The van der Waals surface area contributed by atoms with Crippen LogP contribution in [0.4, 0.5) is 0 Å². The Morgan fingerprint density at radius 1 is 0.947 bits per heavy atom. The smallest absolute Gasteiger partial charge is 0.305 e. The van der Waals surface area contributed by atoms with E-state index < -0.39 is 5.97 Å². The maximum absolute atomic E-state index is 11.7. The number of unbranched alkanes of at least 4 members (excludes halogenated alkanes) is 1. The largest absolute Gasteiger partial charge is 0.481 e. The van der Waals surface area contributed by atoms with Gasteiger partial charge >= 0.3 is 5.97 Å². The lowest BCUT2D eigenvalue weighted by Gasteiger charge is -2.23. The lowest BCUT2D eigenvalue weighted by molar-refractivity contribution is -0.138. The molecular weight excluding hydrogens is 244 g/mol.